The van der Waals surface area contributed by atoms with Gasteiger partial charge in [-0.25, -0.2) is 0 Å². The topological polar surface area (TPSA) is 71.3 Å². The number of fused-ring (bicyclic) bond motifs is 1. The van der Waals surface area contributed by atoms with E-state index in [1.54, 1.807) is 0 Å². The quantitative estimate of drug-likeness (QED) is 0.864. The van der Waals surface area contributed by atoms with E-state index >= 15 is 0 Å². The van der Waals surface area contributed by atoms with E-state index in [4.69, 9.17) is 0 Å². The summed E-state index contributed by atoms with van der Waals surface area (Å²) in [4.78, 5) is 11.8. The lowest BCUT2D eigenvalue weighted by Crippen LogP contribution is -2.34. The number of carbonyl (C=O) groups excluding carboxylic acids is 1. The Bertz CT molecular complexity index is 545. The SMILES string of the molecule is CNCC(C)C(=O)NCc1nnc2ccccn12.Cl.Cl. The zero-order valence-electron chi connectivity index (χ0n) is 11.4. The van der Waals surface area contributed by atoms with Crippen LogP contribution in [-0.4, -0.2) is 34.1 Å². The standard InChI is InChI=1S/C12H17N5O.2ClH/c1-9(7-13-2)12(18)14-8-11-16-15-10-5-3-4-6-17(10)11;;/h3-6,9,13H,7-8H2,1-2H3,(H,14,18);2*1H. The van der Waals surface area contributed by atoms with Gasteiger partial charge in [0.25, 0.3) is 0 Å². The van der Waals surface area contributed by atoms with Gasteiger partial charge in [-0.3, -0.25) is 9.20 Å². The molecule has 0 saturated carbocycles. The van der Waals surface area contributed by atoms with Crippen molar-refractivity contribution in [3.05, 3.63) is 30.2 Å². The Morgan fingerprint density at radius 1 is 1.35 bits per heavy atom. The van der Waals surface area contributed by atoms with Crippen LogP contribution in [0.2, 0.25) is 0 Å². The van der Waals surface area contributed by atoms with Gasteiger partial charge < -0.3 is 10.6 Å². The molecule has 0 fully saturated rings. The van der Waals surface area contributed by atoms with E-state index in [9.17, 15) is 4.79 Å². The molecule has 0 aromatic carbocycles. The molecular formula is C12H19Cl2N5O. The first-order valence-electron chi connectivity index (χ1n) is 5.93. The second kappa shape index (κ2) is 8.73. The van der Waals surface area contributed by atoms with Gasteiger partial charge in [-0.05, 0) is 19.2 Å². The molecule has 112 valence electrons. The molecule has 8 heteroatoms. The maximum Gasteiger partial charge on any atom is 0.224 e. The van der Waals surface area contributed by atoms with Gasteiger partial charge in [0, 0.05) is 18.7 Å². The highest BCUT2D eigenvalue weighted by molar-refractivity contribution is 5.85. The Morgan fingerprint density at radius 2 is 2.10 bits per heavy atom. The molecule has 2 rings (SSSR count). The summed E-state index contributed by atoms with van der Waals surface area (Å²) in [6, 6.07) is 5.69. The third-order valence-corrected chi connectivity index (χ3v) is 2.76. The molecule has 1 unspecified atom stereocenters. The van der Waals surface area contributed by atoms with Crippen molar-refractivity contribution in [2.75, 3.05) is 13.6 Å². The number of rotatable bonds is 5. The zero-order valence-corrected chi connectivity index (χ0v) is 13.0. The molecule has 0 radical (unpaired) electrons. The molecule has 2 aromatic rings. The predicted molar refractivity (Wildman–Crippen MR) is 82.4 cm³/mol. The van der Waals surface area contributed by atoms with Crippen LogP contribution in [0.3, 0.4) is 0 Å². The lowest BCUT2D eigenvalue weighted by atomic mass is 10.1. The van der Waals surface area contributed by atoms with Crippen molar-refractivity contribution >= 4 is 36.4 Å². The van der Waals surface area contributed by atoms with Crippen LogP contribution < -0.4 is 10.6 Å². The Kier molecular flexibility index (Phi) is 8.13. The summed E-state index contributed by atoms with van der Waals surface area (Å²) in [7, 11) is 1.83. The van der Waals surface area contributed by atoms with Crippen molar-refractivity contribution < 1.29 is 4.79 Å². The van der Waals surface area contributed by atoms with Crippen molar-refractivity contribution in [3.63, 3.8) is 0 Å². The van der Waals surface area contributed by atoms with Gasteiger partial charge in [-0.2, -0.15) is 0 Å². The fourth-order valence-electron chi connectivity index (χ4n) is 1.75. The fourth-order valence-corrected chi connectivity index (χ4v) is 1.75. The van der Waals surface area contributed by atoms with Gasteiger partial charge in [0.1, 0.15) is 0 Å². The van der Waals surface area contributed by atoms with Crippen molar-refractivity contribution in [1.29, 1.82) is 0 Å². The van der Waals surface area contributed by atoms with E-state index in [1.807, 2.05) is 42.8 Å². The lowest BCUT2D eigenvalue weighted by molar-refractivity contribution is -0.124. The monoisotopic (exact) mass is 319 g/mol. The molecule has 0 spiro atoms. The van der Waals surface area contributed by atoms with Gasteiger partial charge in [0.2, 0.25) is 5.91 Å². The smallest absolute Gasteiger partial charge is 0.224 e. The van der Waals surface area contributed by atoms with E-state index in [2.05, 4.69) is 20.8 Å². The molecule has 2 N–H and O–H groups in total. The Labute approximate surface area is 130 Å². The molecule has 2 aromatic heterocycles. The summed E-state index contributed by atoms with van der Waals surface area (Å²) in [6.07, 6.45) is 1.88. The first-order valence-corrected chi connectivity index (χ1v) is 5.93. The summed E-state index contributed by atoms with van der Waals surface area (Å²) in [6.45, 7) is 2.93. The average molecular weight is 320 g/mol. The molecule has 0 aliphatic carbocycles. The van der Waals surface area contributed by atoms with Gasteiger partial charge in [-0.1, -0.05) is 13.0 Å². The summed E-state index contributed by atoms with van der Waals surface area (Å²) in [5, 5.41) is 13.9. The van der Waals surface area contributed by atoms with Gasteiger partial charge in [-0.15, -0.1) is 35.0 Å². The minimum atomic E-state index is -0.0609. The molecule has 1 atom stereocenters. The normalized spacial score (nSPS) is 11.3. The molecule has 20 heavy (non-hydrogen) atoms. The van der Waals surface area contributed by atoms with Crippen LogP contribution in [-0.2, 0) is 11.3 Å². The highest BCUT2D eigenvalue weighted by Crippen LogP contribution is 2.02. The maximum atomic E-state index is 11.8. The number of nitrogens with one attached hydrogen (secondary N) is 2. The van der Waals surface area contributed by atoms with E-state index in [0.717, 1.165) is 11.5 Å². The minimum Gasteiger partial charge on any atom is -0.349 e. The number of pyridine rings is 1. The van der Waals surface area contributed by atoms with Crippen LogP contribution in [0, 0.1) is 5.92 Å². The van der Waals surface area contributed by atoms with E-state index in [-0.39, 0.29) is 36.6 Å². The highest BCUT2D eigenvalue weighted by Gasteiger charge is 2.12. The van der Waals surface area contributed by atoms with Crippen molar-refractivity contribution in [1.82, 2.24) is 25.2 Å². The first-order chi connectivity index (χ1) is 8.72. The summed E-state index contributed by atoms with van der Waals surface area (Å²) >= 11 is 0. The molecule has 0 saturated heterocycles. The van der Waals surface area contributed by atoms with E-state index in [0.29, 0.717) is 13.1 Å². The Morgan fingerprint density at radius 3 is 2.80 bits per heavy atom. The number of halogens is 2. The second-order valence-electron chi connectivity index (χ2n) is 4.22. The van der Waals surface area contributed by atoms with Crippen LogP contribution in [0.4, 0.5) is 0 Å². The number of hydrogen-bond acceptors (Lipinski definition) is 4. The maximum absolute atomic E-state index is 11.8. The fraction of sp³-hybridized carbons (Fsp3) is 0.417. The molecule has 1 amide bonds. The Balaban J connectivity index is 0.00000180. The number of nitrogens with zero attached hydrogens (tertiary/aromatic N) is 3. The molecule has 6 nitrogen and oxygen atoms in total. The molecule has 0 aliphatic heterocycles. The van der Waals surface area contributed by atoms with Crippen LogP contribution in [0.25, 0.3) is 5.65 Å². The number of aromatic nitrogens is 3. The number of hydrogen-bond donors (Lipinski definition) is 2. The number of carbonyl (C=O) groups is 1. The van der Waals surface area contributed by atoms with E-state index in [1.165, 1.54) is 0 Å². The van der Waals surface area contributed by atoms with Crippen LogP contribution in [0.5, 0.6) is 0 Å². The van der Waals surface area contributed by atoms with Crippen molar-refractivity contribution in [2.24, 2.45) is 5.92 Å². The predicted octanol–water partition coefficient (Wildman–Crippen LogP) is 1.04. The molecular weight excluding hydrogens is 301 g/mol. The molecule has 2 heterocycles. The largest absolute Gasteiger partial charge is 0.349 e. The average Bonchev–Trinajstić information content (AvgIpc) is 2.79. The summed E-state index contributed by atoms with van der Waals surface area (Å²) in [5.74, 6) is 0.682. The van der Waals surface area contributed by atoms with E-state index < -0.39 is 0 Å². The Hall–Kier alpha value is -1.37. The molecule has 0 aliphatic rings. The van der Waals surface area contributed by atoms with Crippen LogP contribution in [0.15, 0.2) is 24.4 Å². The van der Waals surface area contributed by atoms with Gasteiger partial charge in [0.05, 0.1) is 6.54 Å². The second-order valence-corrected chi connectivity index (χ2v) is 4.22. The van der Waals surface area contributed by atoms with Crippen LogP contribution >= 0.6 is 24.8 Å². The van der Waals surface area contributed by atoms with Crippen LogP contribution in [0.1, 0.15) is 12.7 Å². The summed E-state index contributed by atoms with van der Waals surface area (Å²) in [5.41, 5.74) is 0.782. The number of amides is 1. The van der Waals surface area contributed by atoms with Gasteiger partial charge >= 0.3 is 0 Å². The minimum absolute atomic E-state index is 0. The third-order valence-electron chi connectivity index (χ3n) is 2.76. The van der Waals surface area contributed by atoms with Crippen molar-refractivity contribution in [3.8, 4) is 0 Å². The summed E-state index contributed by atoms with van der Waals surface area (Å²) < 4.78 is 1.86. The zero-order chi connectivity index (χ0) is 13.0. The van der Waals surface area contributed by atoms with Gasteiger partial charge in [0.15, 0.2) is 11.5 Å². The first kappa shape index (κ1) is 18.6. The molecule has 0 bridgehead atoms. The van der Waals surface area contributed by atoms with Crippen molar-refractivity contribution in [2.45, 2.75) is 13.5 Å². The lowest BCUT2D eigenvalue weighted by Gasteiger charge is -2.10. The third kappa shape index (κ3) is 4.33. The highest BCUT2D eigenvalue weighted by atomic mass is 35.5.